The fourth-order valence-electron chi connectivity index (χ4n) is 5.25. The van der Waals surface area contributed by atoms with Gasteiger partial charge in [-0.25, -0.2) is 8.42 Å². The number of hydrogen-bond acceptors (Lipinski definition) is 5. The molecule has 0 heterocycles. The lowest BCUT2D eigenvalue weighted by molar-refractivity contribution is -0.139. The van der Waals surface area contributed by atoms with Crippen LogP contribution in [0.15, 0.2) is 77.7 Å². The van der Waals surface area contributed by atoms with Crippen LogP contribution < -0.4 is 14.4 Å². The van der Waals surface area contributed by atoms with Crippen LogP contribution in [0.1, 0.15) is 55.7 Å². The third-order valence-corrected chi connectivity index (χ3v) is 9.74. The maximum atomic E-state index is 14.2. The molecule has 0 aliphatic heterocycles. The molecular formula is C33H41N3O5S. The Labute approximate surface area is 249 Å². The number of hydrogen-bond donors (Lipinski definition) is 1. The van der Waals surface area contributed by atoms with Crippen LogP contribution in [0.4, 0.5) is 5.69 Å². The van der Waals surface area contributed by atoms with E-state index in [9.17, 15) is 18.0 Å². The molecule has 1 N–H and O–H groups in total. The zero-order valence-electron chi connectivity index (χ0n) is 24.9. The minimum atomic E-state index is -4.14. The van der Waals surface area contributed by atoms with Crippen molar-refractivity contribution in [2.24, 2.45) is 0 Å². The van der Waals surface area contributed by atoms with E-state index in [4.69, 9.17) is 4.74 Å². The fraction of sp³-hybridized carbons (Fsp3) is 0.394. The van der Waals surface area contributed by atoms with Crippen LogP contribution in [0, 0.1) is 13.8 Å². The average molecular weight is 592 g/mol. The molecule has 3 aromatic rings. The van der Waals surface area contributed by atoms with Crippen LogP contribution in [-0.4, -0.2) is 50.9 Å². The highest BCUT2D eigenvalue weighted by atomic mass is 32.2. The second kappa shape index (κ2) is 13.9. The minimum Gasteiger partial charge on any atom is -0.497 e. The molecule has 4 rings (SSSR count). The topological polar surface area (TPSA) is 96.0 Å². The van der Waals surface area contributed by atoms with Crippen molar-refractivity contribution in [3.8, 4) is 5.75 Å². The van der Waals surface area contributed by atoms with Crippen molar-refractivity contribution in [2.45, 2.75) is 76.4 Å². The molecule has 9 heteroatoms. The number of sulfonamides is 1. The lowest BCUT2D eigenvalue weighted by atomic mass is 9.95. The number of aryl methyl sites for hydroxylation is 2. The summed E-state index contributed by atoms with van der Waals surface area (Å²) in [7, 11) is -2.64. The highest BCUT2D eigenvalue weighted by Gasteiger charge is 2.33. The first kappa shape index (κ1) is 31.1. The molecule has 1 saturated carbocycles. The Morgan fingerprint density at radius 3 is 2.31 bits per heavy atom. The molecule has 2 amide bonds. The second-order valence-electron chi connectivity index (χ2n) is 11.0. The van der Waals surface area contributed by atoms with Gasteiger partial charge in [-0.1, -0.05) is 67.3 Å². The summed E-state index contributed by atoms with van der Waals surface area (Å²) < 4.78 is 34.5. The fourth-order valence-corrected chi connectivity index (χ4v) is 6.66. The van der Waals surface area contributed by atoms with Gasteiger partial charge in [0.1, 0.15) is 18.3 Å². The van der Waals surface area contributed by atoms with Crippen LogP contribution in [0.3, 0.4) is 0 Å². The van der Waals surface area contributed by atoms with Gasteiger partial charge in [-0.05, 0) is 69.0 Å². The van der Waals surface area contributed by atoms with E-state index >= 15 is 0 Å². The third-order valence-electron chi connectivity index (χ3n) is 7.95. The molecule has 0 radical (unpaired) electrons. The SMILES string of the molecule is COc1cccc(N(CC(=O)N(Cc2ccccc2C)[C@H](C)C(=O)NC2CCCCC2)S(=O)(=O)c2ccc(C)cc2)c1. The van der Waals surface area contributed by atoms with Gasteiger partial charge in [0.2, 0.25) is 11.8 Å². The van der Waals surface area contributed by atoms with Crippen molar-refractivity contribution < 1.29 is 22.7 Å². The van der Waals surface area contributed by atoms with Gasteiger partial charge in [0.05, 0.1) is 17.7 Å². The Morgan fingerprint density at radius 1 is 0.952 bits per heavy atom. The van der Waals surface area contributed by atoms with Gasteiger partial charge in [0, 0.05) is 18.7 Å². The largest absolute Gasteiger partial charge is 0.497 e. The van der Waals surface area contributed by atoms with Crippen molar-refractivity contribution in [3.05, 3.63) is 89.5 Å². The Bertz CT molecular complexity index is 1480. The molecule has 8 nitrogen and oxygen atoms in total. The normalized spacial score (nSPS) is 14.6. The number of carbonyl (C=O) groups is 2. The van der Waals surface area contributed by atoms with Crippen molar-refractivity contribution in [1.29, 1.82) is 0 Å². The highest BCUT2D eigenvalue weighted by Crippen LogP contribution is 2.28. The summed E-state index contributed by atoms with van der Waals surface area (Å²) in [6, 6.07) is 20.1. The average Bonchev–Trinajstić information content (AvgIpc) is 2.99. The Morgan fingerprint density at radius 2 is 1.64 bits per heavy atom. The number of anilines is 1. The number of carbonyl (C=O) groups excluding carboxylic acids is 2. The number of rotatable bonds is 11. The highest BCUT2D eigenvalue weighted by molar-refractivity contribution is 7.92. The lowest BCUT2D eigenvalue weighted by Crippen LogP contribution is -2.53. The Kier molecular flexibility index (Phi) is 10.3. The number of benzene rings is 3. The number of amides is 2. The van der Waals surface area contributed by atoms with Crippen LogP contribution >= 0.6 is 0 Å². The summed E-state index contributed by atoms with van der Waals surface area (Å²) in [6.45, 7) is 5.22. The van der Waals surface area contributed by atoms with Crippen LogP contribution in [0.5, 0.6) is 5.75 Å². The van der Waals surface area contributed by atoms with Gasteiger partial charge in [-0.15, -0.1) is 0 Å². The van der Waals surface area contributed by atoms with E-state index in [0.717, 1.165) is 53.1 Å². The van der Waals surface area contributed by atoms with E-state index in [1.54, 1.807) is 43.3 Å². The van der Waals surface area contributed by atoms with Gasteiger partial charge < -0.3 is 15.0 Å². The number of methoxy groups -OCH3 is 1. The summed E-state index contributed by atoms with van der Waals surface area (Å²) in [5, 5.41) is 3.13. The van der Waals surface area contributed by atoms with Gasteiger partial charge >= 0.3 is 0 Å². The molecule has 224 valence electrons. The zero-order valence-corrected chi connectivity index (χ0v) is 25.7. The maximum absolute atomic E-state index is 14.2. The smallest absolute Gasteiger partial charge is 0.264 e. The molecule has 1 fully saturated rings. The second-order valence-corrected chi connectivity index (χ2v) is 12.9. The zero-order chi connectivity index (χ0) is 30.3. The summed E-state index contributed by atoms with van der Waals surface area (Å²) in [4.78, 5) is 29.2. The first-order valence-electron chi connectivity index (χ1n) is 14.5. The molecule has 1 atom stereocenters. The van der Waals surface area contributed by atoms with E-state index in [-0.39, 0.29) is 23.4 Å². The molecule has 0 unspecified atom stereocenters. The van der Waals surface area contributed by atoms with Crippen LogP contribution in [0.25, 0.3) is 0 Å². The summed E-state index contributed by atoms with van der Waals surface area (Å²) in [6.07, 6.45) is 5.13. The monoisotopic (exact) mass is 591 g/mol. The molecule has 0 saturated heterocycles. The summed E-state index contributed by atoms with van der Waals surface area (Å²) >= 11 is 0. The van der Waals surface area contributed by atoms with Gasteiger partial charge in [-0.2, -0.15) is 0 Å². The first-order chi connectivity index (χ1) is 20.1. The Balaban J connectivity index is 1.70. The number of ether oxygens (including phenoxy) is 1. The minimum absolute atomic E-state index is 0.0669. The third kappa shape index (κ3) is 7.50. The molecule has 0 aromatic heterocycles. The van der Waals surface area contributed by atoms with E-state index in [0.29, 0.717) is 11.4 Å². The molecule has 0 spiro atoms. The van der Waals surface area contributed by atoms with E-state index in [2.05, 4.69) is 5.32 Å². The van der Waals surface area contributed by atoms with Crippen LogP contribution in [-0.2, 0) is 26.2 Å². The molecule has 42 heavy (non-hydrogen) atoms. The summed E-state index contributed by atoms with van der Waals surface area (Å²) in [5.74, 6) is -0.262. The van der Waals surface area contributed by atoms with E-state index in [1.165, 1.54) is 24.1 Å². The number of nitrogens with zero attached hydrogens (tertiary/aromatic N) is 2. The van der Waals surface area contributed by atoms with Gasteiger partial charge in [0.15, 0.2) is 0 Å². The number of nitrogens with one attached hydrogen (secondary N) is 1. The van der Waals surface area contributed by atoms with Crippen molar-refractivity contribution >= 4 is 27.5 Å². The predicted octanol–water partition coefficient (Wildman–Crippen LogP) is 5.37. The molecule has 1 aliphatic carbocycles. The van der Waals surface area contributed by atoms with Crippen molar-refractivity contribution in [2.75, 3.05) is 18.0 Å². The Hall–Kier alpha value is -3.85. The predicted molar refractivity (Wildman–Crippen MR) is 165 cm³/mol. The maximum Gasteiger partial charge on any atom is 0.264 e. The van der Waals surface area contributed by atoms with Gasteiger partial charge in [-0.3, -0.25) is 13.9 Å². The van der Waals surface area contributed by atoms with Crippen LogP contribution in [0.2, 0.25) is 0 Å². The molecule has 1 aliphatic rings. The quantitative estimate of drug-likeness (QED) is 0.323. The molecule has 0 bridgehead atoms. The standard InChI is InChI=1S/C33H41N3O5S/c1-24-17-19-31(20-18-24)42(39,40)36(29-15-10-16-30(21-29)41-4)23-32(37)35(22-27-12-9-8-11-25(27)2)26(3)33(38)34-28-13-6-5-7-14-28/h8-12,15-21,26,28H,5-7,13-14,22-23H2,1-4H3,(H,34,38)/t26-/m1/s1. The van der Waals surface area contributed by atoms with Crippen molar-refractivity contribution in [3.63, 3.8) is 0 Å². The van der Waals surface area contributed by atoms with Gasteiger partial charge in [0.25, 0.3) is 10.0 Å². The van der Waals surface area contributed by atoms with E-state index < -0.39 is 28.5 Å². The summed E-state index contributed by atoms with van der Waals surface area (Å²) in [5.41, 5.74) is 3.07. The van der Waals surface area contributed by atoms with E-state index in [1.807, 2.05) is 38.1 Å². The molecule has 3 aromatic carbocycles. The van der Waals surface area contributed by atoms with Crippen molar-refractivity contribution in [1.82, 2.24) is 10.2 Å². The first-order valence-corrected chi connectivity index (χ1v) is 15.9. The lowest BCUT2D eigenvalue weighted by Gasteiger charge is -2.33. The molecular weight excluding hydrogens is 550 g/mol.